The van der Waals surface area contributed by atoms with Gasteiger partial charge in [-0.15, -0.1) is 0 Å². The van der Waals surface area contributed by atoms with E-state index in [0.29, 0.717) is 12.2 Å². The first-order chi connectivity index (χ1) is 9.24. The minimum Gasteiger partial charge on any atom is -0.492 e. The molecule has 2 aromatic carbocycles. The molecule has 0 aliphatic rings. The molecule has 0 atom stereocenters. The van der Waals surface area contributed by atoms with Crippen LogP contribution in [0.5, 0.6) is 5.75 Å². The molecule has 0 amide bonds. The zero-order valence-electron chi connectivity index (χ0n) is 10.5. The number of benzene rings is 2. The van der Waals surface area contributed by atoms with E-state index in [1.807, 2.05) is 43.3 Å². The Bertz CT molecular complexity index is 620. The molecule has 0 aromatic heterocycles. The number of rotatable bonds is 4. The third kappa shape index (κ3) is 3.27. The number of hydrogen-bond acceptors (Lipinski definition) is 3. The lowest BCUT2D eigenvalue weighted by atomic mass is 10.2. The van der Waals surface area contributed by atoms with Crippen LogP contribution in [0.4, 0.5) is 11.4 Å². The van der Waals surface area contributed by atoms with Crippen LogP contribution in [0.25, 0.3) is 0 Å². The molecule has 0 radical (unpaired) electrons. The highest BCUT2D eigenvalue weighted by Gasteiger charge is 2.04. The Labute approximate surface area is 121 Å². The molecule has 2 aromatic rings. The molecule has 0 heterocycles. The van der Waals surface area contributed by atoms with E-state index in [4.69, 9.17) is 10.00 Å². The molecule has 0 bridgehead atoms. The van der Waals surface area contributed by atoms with Gasteiger partial charge in [-0.05, 0) is 53.2 Å². The fourth-order valence-corrected chi connectivity index (χ4v) is 2.16. The van der Waals surface area contributed by atoms with Crippen molar-refractivity contribution < 1.29 is 4.74 Å². The van der Waals surface area contributed by atoms with Crippen LogP contribution in [0.2, 0.25) is 0 Å². The summed E-state index contributed by atoms with van der Waals surface area (Å²) in [5.74, 6) is 0.811. The number of ether oxygens (including phenoxy) is 1. The highest BCUT2D eigenvalue weighted by molar-refractivity contribution is 9.10. The zero-order valence-corrected chi connectivity index (χ0v) is 12.1. The molecule has 2 rings (SSSR count). The third-order valence-electron chi connectivity index (χ3n) is 2.56. The second-order valence-electron chi connectivity index (χ2n) is 3.86. The van der Waals surface area contributed by atoms with Crippen molar-refractivity contribution >= 4 is 27.3 Å². The molecule has 96 valence electrons. The first kappa shape index (κ1) is 13.4. The van der Waals surface area contributed by atoms with Gasteiger partial charge < -0.3 is 10.1 Å². The Balaban J connectivity index is 2.26. The molecule has 19 heavy (non-hydrogen) atoms. The number of para-hydroxylation sites is 2. The summed E-state index contributed by atoms with van der Waals surface area (Å²) in [7, 11) is 0. The van der Waals surface area contributed by atoms with Crippen molar-refractivity contribution in [2.75, 3.05) is 11.9 Å². The standard InChI is InChI=1S/C15H13BrN2O/c1-2-19-15-6-4-3-5-14(15)18-12-8-7-11(10-17)13(16)9-12/h3-9,18H,2H2,1H3. The summed E-state index contributed by atoms with van der Waals surface area (Å²) in [5, 5.41) is 12.2. The van der Waals surface area contributed by atoms with Crippen molar-refractivity contribution in [1.82, 2.24) is 0 Å². The van der Waals surface area contributed by atoms with E-state index < -0.39 is 0 Å². The van der Waals surface area contributed by atoms with Crippen LogP contribution in [-0.2, 0) is 0 Å². The van der Waals surface area contributed by atoms with E-state index in [2.05, 4.69) is 27.3 Å². The van der Waals surface area contributed by atoms with E-state index in [0.717, 1.165) is 21.6 Å². The van der Waals surface area contributed by atoms with E-state index in [9.17, 15) is 0 Å². The van der Waals surface area contributed by atoms with Crippen molar-refractivity contribution in [3.8, 4) is 11.8 Å². The largest absolute Gasteiger partial charge is 0.492 e. The third-order valence-corrected chi connectivity index (χ3v) is 3.21. The zero-order chi connectivity index (χ0) is 13.7. The van der Waals surface area contributed by atoms with E-state index in [-0.39, 0.29) is 0 Å². The molecular weight excluding hydrogens is 304 g/mol. The van der Waals surface area contributed by atoms with Crippen LogP contribution in [0, 0.1) is 11.3 Å². The van der Waals surface area contributed by atoms with Crippen LogP contribution in [0.1, 0.15) is 12.5 Å². The van der Waals surface area contributed by atoms with Crippen LogP contribution < -0.4 is 10.1 Å². The van der Waals surface area contributed by atoms with Crippen molar-refractivity contribution in [2.45, 2.75) is 6.92 Å². The second-order valence-corrected chi connectivity index (χ2v) is 4.71. The van der Waals surface area contributed by atoms with Crippen LogP contribution in [-0.4, -0.2) is 6.61 Å². The Kier molecular flexibility index (Phi) is 4.43. The van der Waals surface area contributed by atoms with Gasteiger partial charge in [0.15, 0.2) is 0 Å². The van der Waals surface area contributed by atoms with Gasteiger partial charge in [0.2, 0.25) is 0 Å². The first-order valence-electron chi connectivity index (χ1n) is 5.93. The second kappa shape index (κ2) is 6.26. The van der Waals surface area contributed by atoms with Gasteiger partial charge in [-0.3, -0.25) is 0 Å². The van der Waals surface area contributed by atoms with Crippen molar-refractivity contribution in [2.24, 2.45) is 0 Å². The average Bonchev–Trinajstić information content (AvgIpc) is 2.41. The van der Waals surface area contributed by atoms with Gasteiger partial charge in [0.25, 0.3) is 0 Å². The Morgan fingerprint density at radius 2 is 2.05 bits per heavy atom. The Morgan fingerprint density at radius 3 is 2.74 bits per heavy atom. The summed E-state index contributed by atoms with van der Waals surface area (Å²) in [6.45, 7) is 2.57. The molecule has 0 aliphatic carbocycles. The maximum absolute atomic E-state index is 8.89. The normalized spacial score (nSPS) is 9.74. The molecule has 0 unspecified atom stereocenters. The van der Waals surface area contributed by atoms with Crippen LogP contribution in [0.15, 0.2) is 46.9 Å². The number of nitrogens with one attached hydrogen (secondary N) is 1. The molecule has 0 fully saturated rings. The summed E-state index contributed by atoms with van der Waals surface area (Å²) < 4.78 is 6.33. The quantitative estimate of drug-likeness (QED) is 0.905. The number of anilines is 2. The maximum Gasteiger partial charge on any atom is 0.142 e. The number of halogens is 1. The van der Waals surface area contributed by atoms with Crippen molar-refractivity contribution in [1.29, 1.82) is 5.26 Å². The van der Waals surface area contributed by atoms with E-state index >= 15 is 0 Å². The van der Waals surface area contributed by atoms with Crippen LogP contribution >= 0.6 is 15.9 Å². The number of hydrogen-bond donors (Lipinski definition) is 1. The Morgan fingerprint density at radius 1 is 1.26 bits per heavy atom. The molecule has 0 saturated heterocycles. The topological polar surface area (TPSA) is 45.0 Å². The van der Waals surface area contributed by atoms with Gasteiger partial charge in [0, 0.05) is 10.2 Å². The molecular formula is C15H13BrN2O. The molecule has 0 spiro atoms. The highest BCUT2D eigenvalue weighted by atomic mass is 79.9. The minimum absolute atomic E-state index is 0.614. The Hall–Kier alpha value is -1.99. The SMILES string of the molecule is CCOc1ccccc1Nc1ccc(C#N)c(Br)c1. The molecule has 3 nitrogen and oxygen atoms in total. The lowest BCUT2D eigenvalue weighted by Crippen LogP contribution is -1.97. The number of nitriles is 1. The van der Waals surface area contributed by atoms with Gasteiger partial charge in [0.05, 0.1) is 17.9 Å². The predicted octanol–water partition coefficient (Wildman–Crippen LogP) is 4.46. The van der Waals surface area contributed by atoms with Gasteiger partial charge in [-0.1, -0.05) is 12.1 Å². The molecule has 0 aliphatic heterocycles. The summed E-state index contributed by atoms with van der Waals surface area (Å²) in [6, 6.07) is 15.4. The van der Waals surface area contributed by atoms with Gasteiger partial charge in [-0.25, -0.2) is 0 Å². The fourth-order valence-electron chi connectivity index (χ4n) is 1.69. The van der Waals surface area contributed by atoms with Gasteiger partial charge >= 0.3 is 0 Å². The summed E-state index contributed by atoms with van der Waals surface area (Å²) in [6.07, 6.45) is 0. The molecule has 1 N–H and O–H groups in total. The summed E-state index contributed by atoms with van der Waals surface area (Å²) in [4.78, 5) is 0. The summed E-state index contributed by atoms with van der Waals surface area (Å²) >= 11 is 3.38. The highest BCUT2D eigenvalue weighted by Crippen LogP contribution is 2.29. The average molecular weight is 317 g/mol. The fraction of sp³-hybridized carbons (Fsp3) is 0.133. The monoisotopic (exact) mass is 316 g/mol. The van der Waals surface area contributed by atoms with E-state index in [1.165, 1.54) is 0 Å². The smallest absolute Gasteiger partial charge is 0.142 e. The molecule has 4 heteroatoms. The predicted molar refractivity (Wildman–Crippen MR) is 79.8 cm³/mol. The van der Waals surface area contributed by atoms with Crippen LogP contribution in [0.3, 0.4) is 0 Å². The van der Waals surface area contributed by atoms with Crippen molar-refractivity contribution in [3.05, 3.63) is 52.5 Å². The lowest BCUT2D eigenvalue weighted by Gasteiger charge is -2.12. The molecule has 0 saturated carbocycles. The van der Waals surface area contributed by atoms with E-state index in [1.54, 1.807) is 6.07 Å². The maximum atomic E-state index is 8.89. The van der Waals surface area contributed by atoms with Crippen molar-refractivity contribution in [3.63, 3.8) is 0 Å². The first-order valence-corrected chi connectivity index (χ1v) is 6.72. The van der Waals surface area contributed by atoms with Gasteiger partial charge in [-0.2, -0.15) is 5.26 Å². The number of nitrogens with zero attached hydrogens (tertiary/aromatic N) is 1. The summed E-state index contributed by atoms with van der Waals surface area (Å²) in [5.41, 5.74) is 2.42. The lowest BCUT2D eigenvalue weighted by molar-refractivity contribution is 0.342. The minimum atomic E-state index is 0.614. The van der Waals surface area contributed by atoms with Gasteiger partial charge in [0.1, 0.15) is 11.8 Å².